The number of nitrogens with zero attached hydrogens (tertiary/aromatic N) is 4. The number of hydrogen-bond acceptors (Lipinski definition) is 3. The fourth-order valence-corrected chi connectivity index (χ4v) is 3.99. The van der Waals surface area contributed by atoms with Gasteiger partial charge in [0.2, 0.25) is 0 Å². The van der Waals surface area contributed by atoms with Gasteiger partial charge >= 0.3 is 0 Å². The summed E-state index contributed by atoms with van der Waals surface area (Å²) in [5.74, 6) is 0.447. The molecule has 1 amide bonds. The number of pyridine rings is 1. The van der Waals surface area contributed by atoms with Gasteiger partial charge in [0.15, 0.2) is 0 Å². The van der Waals surface area contributed by atoms with Crippen molar-refractivity contribution in [3.63, 3.8) is 0 Å². The normalized spacial score (nSPS) is 17.8. The number of aromatic amines is 1. The van der Waals surface area contributed by atoms with E-state index in [2.05, 4.69) is 39.7 Å². The van der Waals surface area contributed by atoms with Crippen LogP contribution >= 0.6 is 0 Å². The predicted octanol–water partition coefficient (Wildman–Crippen LogP) is 3.23. The Kier molecular flexibility index (Phi) is 3.48. The summed E-state index contributed by atoms with van der Waals surface area (Å²) >= 11 is 0. The molecule has 26 heavy (non-hydrogen) atoms. The Morgan fingerprint density at radius 3 is 3.12 bits per heavy atom. The molecule has 1 aliphatic rings. The smallest absolute Gasteiger partial charge is 0.254 e. The zero-order valence-corrected chi connectivity index (χ0v) is 14.3. The maximum atomic E-state index is 13.0. The van der Waals surface area contributed by atoms with Crippen LogP contribution in [-0.2, 0) is 0 Å². The van der Waals surface area contributed by atoms with Gasteiger partial charge in [-0.1, -0.05) is 23.4 Å². The number of para-hydroxylation sites is 1. The Morgan fingerprint density at radius 2 is 2.15 bits per heavy atom. The van der Waals surface area contributed by atoms with Crippen molar-refractivity contribution < 1.29 is 4.79 Å². The number of amides is 1. The van der Waals surface area contributed by atoms with Gasteiger partial charge in [-0.2, -0.15) is 0 Å². The average Bonchev–Trinajstić information content (AvgIpc) is 3.33. The van der Waals surface area contributed by atoms with Gasteiger partial charge in [-0.25, -0.2) is 4.52 Å². The van der Waals surface area contributed by atoms with Gasteiger partial charge in [-0.05, 0) is 36.6 Å². The average molecular weight is 345 g/mol. The number of aromatic nitrogens is 4. The summed E-state index contributed by atoms with van der Waals surface area (Å²) in [6.07, 6.45) is 7.69. The third-order valence-electron chi connectivity index (χ3n) is 5.32. The lowest BCUT2D eigenvalue weighted by molar-refractivity contribution is 0.0707. The first kappa shape index (κ1) is 15.1. The van der Waals surface area contributed by atoms with Crippen molar-refractivity contribution in [1.82, 2.24) is 24.7 Å². The molecule has 1 saturated heterocycles. The maximum Gasteiger partial charge on any atom is 0.254 e. The minimum Gasteiger partial charge on any atom is -0.361 e. The molecule has 1 aromatic carbocycles. The van der Waals surface area contributed by atoms with Crippen molar-refractivity contribution in [3.05, 3.63) is 66.1 Å². The summed E-state index contributed by atoms with van der Waals surface area (Å²) in [6.45, 7) is 1.56. The second kappa shape index (κ2) is 5.98. The molecule has 4 heterocycles. The number of fused-ring (bicyclic) bond motifs is 2. The van der Waals surface area contributed by atoms with Crippen LogP contribution in [0.4, 0.5) is 0 Å². The quantitative estimate of drug-likeness (QED) is 0.606. The summed E-state index contributed by atoms with van der Waals surface area (Å²) in [7, 11) is 0. The lowest BCUT2D eigenvalue weighted by Crippen LogP contribution is -2.39. The second-order valence-corrected chi connectivity index (χ2v) is 6.90. The molecule has 4 aromatic rings. The molecular formula is C20H19N5O. The molecule has 3 aromatic heterocycles. The minimum atomic E-state index is 0.0817. The summed E-state index contributed by atoms with van der Waals surface area (Å²) in [4.78, 5) is 18.3. The number of hydrogen-bond donors (Lipinski definition) is 1. The number of carbonyl (C=O) groups is 1. The molecule has 0 spiro atoms. The zero-order chi connectivity index (χ0) is 17.5. The van der Waals surface area contributed by atoms with Gasteiger partial charge in [0.1, 0.15) is 0 Å². The highest BCUT2D eigenvalue weighted by Crippen LogP contribution is 2.32. The maximum absolute atomic E-state index is 13.0. The van der Waals surface area contributed by atoms with Crippen LogP contribution in [0.2, 0.25) is 0 Å². The first-order valence-corrected chi connectivity index (χ1v) is 8.95. The number of benzene rings is 1. The first-order valence-electron chi connectivity index (χ1n) is 8.95. The van der Waals surface area contributed by atoms with E-state index in [1.54, 1.807) is 16.9 Å². The monoisotopic (exact) mass is 345 g/mol. The molecule has 1 fully saturated rings. The molecule has 1 aliphatic heterocycles. The third kappa shape index (κ3) is 2.45. The van der Waals surface area contributed by atoms with Crippen LogP contribution < -0.4 is 0 Å². The SMILES string of the molecule is O=C(c1ccn2nncc2c1)N1CCCC(c2c[nH]c3ccccc23)C1. The Morgan fingerprint density at radius 1 is 1.23 bits per heavy atom. The minimum absolute atomic E-state index is 0.0817. The Labute approximate surface area is 150 Å². The topological polar surface area (TPSA) is 66.3 Å². The van der Waals surface area contributed by atoms with E-state index in [-0.39, 0.29) is 5.91 Å². The highest BCUT2D eigenvalue weighted by atomic mass is 16.2. The number of H-pyrrole nitrogens is 1. The van der Waals surface area contributed by atoms with Crippen LogP contribution in [0.3, 0.4) is 0 Å². The van der Waals surface area contributed by atoms with E-state index in [0.29, 0.717) is 11.5 Å². The van der Waals surface area contributed by atoms with Gasteiger partial charge in [0.25, 0.3) is 5.91 Å². The highest BCUT2D eigenvalue weighted by Gasteiger charge is 2.27. The van der Waals surface area contributed by atoms with Crippen LogP contribution in [0.1, 0.15) is 34.7 Å². The van der Waals surface area contributed by atoms with Crippen molar-refractivity contribution >= 4 is 22.3 Å². The number of carbonyl (C=O) groups excluding carboxylic acids is 1. The molecular weight excluding hydrogens is 326 g/mol. The van der Waals surface area contributed by atoms with Crippen LogP contribution in [0.5, 0.6) is 0 Å². The standard InChI is InChI=1S/C20H19N5O/c26-20(14-7-9-25-16(10-14)11-22-23-25)24-8-3-4-15(13-24)18-12-21-19-6-2-1-5-17(18)19/h1-2,5-7,9-12,15,21H,3-4,8,13H2. The summed E-state index contributed by atoms with van der Waals surface area (Å²) < 4.78 is 1.67. The van der Waals surface area contributed by atoms with Gasteiger partial charge < -0.3 is 9.88 Å². The fraction of sp³-hybridized carbons (Fsp3) is 0.250. The fourth-order valence-electron chi connectivity index (χ4n) is 3.99. The highest BCUT2D eigenvalue weighted by molar-refractivity contribution is 5.95. The van der Waals surface area contributed by atoms with E-state index in [1.165, 1.54) is 10.9 Å². The van der Waals surface area contributed by atoms with Gasteiger partial charge in [-0.15, -0.1) is 5.10 Å². The lowest BCUT2D eigenvalue weighted by Gasteiger charge is -2.33. The van der Waals surface area contributed by atoms with Gasteiger partial charge in [-0.3, -0.25) is 4.79 Å². The number of piperidine rings is 1. The van der Waals surface area contributed by atoms with Crippen molar-refractivity contribution in [2.24, 2.45) is 0 Å². The molecule has 1 atom stereocenters. The van der Waals surface area contributed by atoms with E-state index in [1.807, 2.05) is 23.1 Å². The first-order chi connectivity index (χ1) is 12.8. The Balaban J connectivity index is 1.42. The number of nitrogens with one attached hydrogen (secondary N) is 1. The molecule has 0 bridgehead atoms. The molecule has 130 valence electrons. The Bertz CT molecular complexity index is 1100. The van der Waals surface area contributed by atoms with Crippen LogP contribution in [-0.4, -0.2) is 43.7 Å². The Hall–Kier alpha value is -3.15. The molecule has 0 radical (unpaired) electrons. The number of likely N-dealkylation sites (tertiary alicyclic amines) is 1. The summed E-state index contributed by atoms with van der Waals surface area (Å²) in [6, 6.07) is 12.0. The van der Waals surface area contributed by atoms with Crippen LogP contribution in [0, 0.1) is 0 Å². The zero-order valence-electron chi connectivity index (χ0n) is 14.3. The van der Waals surface area contributed by atoms with Gasteiger partial charge in [0, 0.05) is 47.9 Å². The van der Waals surface area contributed by atoms with Gasteiger partial charge in [0.05, 0.1) is 11.7 Å². The van der Waals surface area contributed by atoms with Crippen molar-refractivity contribution in [1.29, 1.82) is 0 Å². The van der Waals surface area contributed by atoms with E-state index >= 15 is 0 Å². The molecule has 1 unspecified atom stereocenters. The van der Waals surface area contributed by atoms with Crippen molar-refractivity contribution in [2.45, 2.75) is 18.8 Å². The molecule has 5 rings (SSSR count). The summed E-state index contributed by atoms with van der Waals surface area (Å²) in [5.41, 5.74) is 4.00. The largest absolute Gasteiger partial charge is 0.361 e. The lowest BCUT2D eigenvalue weighted by atomic mass is 9.90. The van der Waals surface area contributed by atoms with Crippen LogP contribution in [0.25, 0.3) is 16.4 Å². The molecule has 0 saturated carbocycles. The predicted molar refractivity (Wildman–Crippen MR) is 99.2 cm³/mol. The second-order valence-electron chi connectivity index (χ2n) is 6.90. The molecule has 6 heteroatoms. The van der Waals surface area contributed by atoms with Crippen LogP contribution in [0.15, 0.2) is 55.0 Å². The van der Waals surface area contributed by atoms with E-state index in [4.69, 9.17) is 0 Å². The molecule has 6 nitrogen and oxygen atoms in total. The molecule has 0 aliphatic carbocycles. The molecule has 1 N–H and O–H groups in total. The van der Waals surface area contributed by atoms with Crippen molar-refractivity contribution in [3.8, 4) is 0 Å². The van der Waals surface area contributed by atoms with Crippen molar-refractivity contribution in [2.75, 3.05) is 13.1 Å². The van der Waals surface area contributed by atoms with E-state index in [0.717, 1.165) is 37.0 Å². The van der Waals surface area contributed by atoms with E-state index in [9.17, 15) is 4.79 Å². The third-order valence-corrected chi connectivity index (χ3v) is 5.32. The van der Waals surface area contributed by atoms with E-state index < -0.39 is 0 Å². The summed E-state index contributed by atoms with van der Waals surface area (Å²) in [5, 5.41) is 9.08. The number of rotatable bonds is 2.